The summed E-state index contributed by atoms with van der Waals surface area (Å²) in [4.78, 5) is 36.6. The van der Waals surface area contributed by atoms with Crippen LogP contribution in [0.15, 0.2) is 60.9 Å². The van der Waals surface area contributed by atoms with E-state index < -0.39 is 5.91 Å². The van der Waals surface area contributed by atoms with Gasteiger partial charge >= 0.3 is 0 Å². The number of rotatable bonds is 9. The molecule has 2 amide bonds. The van der Waals surface area contributed by atoms with Crippen LogP contribution in [-0.4, -0.2) is 45.3 Å². The summed E-state index contributed by atoms with van der Waals surface area (Å²) in [5.74, 6) is 0.0992. The molecule has 2 heterocycles. The monoisotopic (exact) mass is 479 g/mol. The molecule has 4 aromatic rings. The summed E-state index contributed by atoms with van der Waals surface area (Å²) in [6.45, 7) is 7.81. The molecule has 5 rings (SSSR count). The molecule has 1 aliphatic carbocycles. The number of aromatic nitrogens is 3. The van der Waals surface area contributed by atoms with Gasteiger partial charge in [0.15, 0.2) is 11.5 Å². The van der Waals surface area contributed by atoms with Gasteiger partial charge in [0, 0.05) is 28.9 Å². The third kappa shape index (κ3) is 5.03. The first kappa shape index (κ1) is 23.1. The predicted octanol–water partition coefficient (Wildman–Crippen LogP) is 3.31. The maximum atomic E-state index is 12.4. The number of nitrogens with zero attached hydrogens (tertiary/aromatic N) is 4. The Morgan fingerprint density at radius 1 is 1.14 bits per heavy atom. The van der Waals surface area contributed by atoms with Crippen molar-refractivity contribution >= 4 is 23.3 Å². The highest BCUT2D eigenvalue weighted by Gasteiger charge is 2.23. The average Bonchev–Trinajstić information content (AvgIpc) is 3.58. The largest absolute Gasteiger partial charge is 0.369 e. The van der Waals surface area contributed by atoms with Gasteiger partial charge in [0.25, 0.3) is 5.91 Å². The van der Waals surface area contributed by atoms with Crippen LogP contribution in [0.2, 0.25) is 0 Å². The lowest BCUT2D eigenvalue weighted by Gasteiger charge is -2.11. The molecule has 4 N–H and O–H groups in total. The molecule has 9 heteroatoms. The van der Waals surface area contributed by atoms with E-state index in [1.165, 1.54) is 0 Å². The second-order valence-corrected chi connectivity index (χ2v) is 8.79. The summed E-state index contributed by atoms with van der Waals surface area (Å²) in [6, 6.07) is 15.3. The Labute approximate surface area is 208 Å². The molecule has 0 radical (unpaired) electrons. The summed E-state index contributed by atoms with van der Waals surface area (Å²) in [5.41, 5.74) is 10.7. The zero-order valence-corrected chi connectivity index (χ0v) is 19.6. The van der Waals surface area contributed by atoms with Gasteiger partial charge in [-0.15, -0.1) is 0 Å². The molecule has 0 bridgehead atoms. The van der Waals surface area contributed by atoms with Crippen molar-refractivity contribution in [3.8, 4) is 22.5 Å². The summed E-state index contributed by atoms with van der Waals surface area (Å²) < 4.78 is 1.95. The predicted molar refractivity (Wildman–Crippen MR) is 137 cm³/mol. The lowest BCUT2D eigenvalue weighted by molar-refractivity contribution is -0.117. The van der Waals surface area contributed by atoms with Gasteiger partial charge < -0.3 is 21.2 Å². The van der Waals surface area contributed by atoms with Crippen LogP contribution < -0.4 is 16.4 Å². The second kappa shape index (κ2) is 9.88. The molecule has 1 aliphatic rings. The van der Waals surface area contributed by atoms with Crippen molar-refractivity contribution in [2.24, 2.45) is 5.73 Å². The molecular formula is C27H25N7O2. The van der Waals surface area contributed by atoms with E-state index >= 15 is 0 Å². The van der Waals surface area contributed by atoms with E-state index in [1.54, 1.807) is 6.20 Å². The summed E-state index contributed by atoms with van der Waals surface area (Å²) in [5, 5.41) is 6.23. The van der Waals surface area contributed by atoms with Gasteiger partial charge in [-0.25, -0.2) is 16.5 Å². The van der Waals surface area contributed by atoms with Crippen molar-refractivity contribution < 1.29 is 9.59 Å². The Morgan fingerprint density at radius 3 is 2.67 bits per heavy atom. The van der Waals surface area contributed by atoms with Crippen LogP contribution in [0.25, 0.3) is 33.0 Å². The van der Waals surface area contributed by atoms with E-state index in [9.17, 15) is 9.59 Å². The number of benzene rings is 2. The topological polar surface area (TPSA) is 119 Å². The zero-order chi connectivity index (χ0) is 25.1. The van der Waals surface area contributed by atoms with Gasteiger partial charge in [-0.05, 0) is 36.6 Å². The number of nitrogens with one attached hydrogen (secondary N) is 2. The molecule has 36 heavy (non-hydrogen) atoms. The third-order valence-electron chi connectivity index (χ3n) is 5.96. The minimum absolute atomic E-state index is 0.0594. The zero-order valence-electron chi connectivity index (χ0n) is 19.6. The molecule has 1 fully saturated rings. The lowest BCUT2D eigenvalue weighted by Crippen LogP contribution is -2.25. The number of fused-ring (bicyclic) bond motifs is 1. The highest BCUT2D eigenvalue weighted by atomic mass is 16.2. The Bertz CT molecular complexity index is 1480. The summed E-state index contributed by atoms with van der Waals surface area (Å²) in [6.07, 6.45) is 5.89. The van der Waals surface area contributed by atoms with E-state index in [0.29, 0.717) is 41.9 Å². The standard InChI is InChI=1S/C27H25N7O2/c1-29-11-12-30-25-26-31-15-23(18-5-7-19(8-6-18)27(36)32-21-9-10-21)34(26)16-22(33-25)20-4-2-3-17(13-20)14-24(28)35/h2-8,13,15-16,21H,9-12,14H2,(H2,28,35)(H,30,33)(H,32,36). The second-order valence-electron chi connectivity index (χ2n) is 8.79. The smallest absolute Gasteiger partial charge is 0.251 e. The summed E-state index contributed by atoms with van der Waals surface area (Å²) in [7, 11) is 0. The van der Waals surface area contributed by atoms with E-state index in [2.05, 4.69) is 20.5 Å². The first-order valence-electron chi connectivity index (χ1n) is 11.8. The Morgan fingerprint density at radius 2 is 1.94 bits per heavy atom. The number of anilines is 1. The minimum Gasteiger partial charge on any atom is -0.369 e. The summed E-state index contributed by atoms with van der Waals surface area (Å²) >= 11 is 0. The molecular weight excluding hydrogens is 454 g/mol. The maximum Gasteiger partial charge on any atom is 0.251 e. The molecule has 1 saturated carbocycles. The fraction of sp³-hybridized carbons (Fsp3) is 0.222. The van der Waals surface area contributed by atoms with Crippen LogP contribution in [0.3, 0.4) is 0 Å². The molecule has 0 saturated heterocycles. The highest BCUT2D eigenvalue weighted by Crippen LogP contribution is 2.28. The fourth-order valence-electron chi connectivity index (χ4n) is 4.02. The van der Waals surface area contributed by atoms with E-state index in [4.69, 9.17) is 17.3 Å². The molecule has 0 spiro atoms. The van der Waals surface area contributed by atoms with Crippen molar-refractivity contribution in [1.82, 2.24) is 19.7 Å². The van der Waals surface area contributed by atoms with Gasteiger partial charge in [0.2, 0.25) is 12.5 Å². The van der Waals surface area contributed by atoms with E-state index in [1.807, 2.05) is 59.1 Å². The van der Waals surface area contributed by atoms with Crippen molar-refractivity contribution in [2.75, 3.05) is 18.4 Å². The average molecular weight is 480 g/mol. The number of nitrogens with two attached hydrogens (primary N) is 1. The Balaban J connectivity index is 1.54. The van der Waals surface area contributed by atoms with Crippen molar-refractivity contribution in [1.29, 1.82) is 0 Å². The minimum atomic E-state index is -0.400. The van der Waals surface area contributed by atoms with Gasteiger partial charge in [-0.2, -0.15) is 0 Å². The molecule has 0 atom stereocenters. The van der Waals surface area contributed by atoms with Crippen LogP contribution in [0.4, 0.5) is 5.82 Å². The number of hydrogen-bond donors (Lipinski definition) is 3. The van der Waals surface area contributed by atoms with Crippen molar-refractivity contribution in [3.63, 3.8) is 0 Å². The SMILES string of the molecule is [C-]#[N+]CCNc1nc(-c2cccc(CC(N)=O)c2)cn2c(-c3ccc(C(=O)NC4CC4)cc3)cnc12. The van der Waals surface area contributed by atoms with Gasteiger partial charge in [0.05, 0.1) is 30.6 Å². The molecule has 180 valence electrons. The van der Waals surface area contributed by atoms with Gasteiger partial charge in [0.1, 0.15) is 0 Å². The molecule has 2 aromatic carbocycles. The van der Waals surface area contributed by atoms with Crippen LogP contribution in [0.5, 0.6) is 0 Å². The maximum absolute atomic E-state index is 12.4. The Hall–Kier alpha value is -4.71. The number of hydrogen-bond acceptors (Lipinski definition) is 5. The van der Waals surface area contributed by atoms with Crippen molar-refractivity contribution in [3.05, 3.63) is 83.5 Å². The van der Waals surface area contributed by atoms with Crippen LogP contribution in [-0.2, 0) is 11.2 Å². The van der Waals surface area contributed by atoms with E-state index in [0.717, 1.165) is 35.2 Å². The van der Waals surface area contributed by atoms with Crippen LogP contribution in [0.1, 0.15) is 28.8 Å². The van der Waals surface area contributed by atoms with Crippen molar-refractivity contribution in [2.45, 2.75) is 25.3 Å². The number of primary amides is 1. The van der Waals surface area contributed by atoms with Crippen LogP contribution >= 0.6 is 0 Å². The molecule has 9 nitrogen and oxygen atoms in total. The third-order valence-corrected chi connectivity index (χ3v) is 5.96. The van der Waals surface area contributed by atoms with Gasteiger partial charge in [-0.3, -0.25) is 14.0 Å². The fourth-order valence-corrected chi connectivity index (χ4v) is 4.02. The lowest BCUT2D eigenvalue weighted by atomic mass is 10.1. The molecule has 2 aromatic heterocycles. The number of imidazole rings is 1. The molecule has 0 unspecified atom stereocenters. The number of amides is 2. The quantitative estimate of drug-likeness (QED) is 0.251. The van der Waals surface area contributed by atoms with Crippen LogP contribution in [0, 0.1) is 6.57 Å². The number of carbonyl (C=O) groups is 2. The van der Waals surface area contributed by atoms with Gasteiger partial charge in [-0.1, -0.05) is 30.3 Å². The normalized spacial score (nSPS) is 12.8. The first-order valence-corrected chi connectivity index (χ1v) is 11.8. The number of carbonyl (C=O) groups excluding carboxylic acids is 2. The van der Waals surface area contributed by atoms with E-state index in [-0.39, 0.29) is 12.3 Å². The Kier molecular flexibility index (Phi) is 6.33. The first-order chi connectivity index (χ1) is 17.5. The highest BCUT2D eigenvalue weighted by molar-refractivity contribution is 5.95. The molecule has 0 aliphatic heterocycles.